The summed E-state index contributed by atoms with van der Waals surface area (Å²) in [7, 11) is 0. The van der Waals surface area contributed by atoms with E-state index in [4.69, 9.17) is 9.47 Å². The maximum atomic E-state index is 12.3. The third kappa shape index (κ3) is 5.16. The zero-order valence-corrected chi connectivity index (χ0v) is 13.9. The number of nitrogens with one attached hydrogen (secondary N) is 1. The second-order valence-electron chi connectivity index (χ2n) is 7.13. The molecule has 1 unspecified atom stereocenters. The molecule has 1 aliphatic heterocycles. The standard InChI is InChI=1S/C16H28N2O4/c1-16(2,3)22-15(20)18-9-8-17-11-12(18)10-14(19)21-13-6-4-5-7-13/h12-13,17H,4-11H2,1-3H3. The van der Waals surface area contributed by atoms with Gasteiger partial charge in [0, 0.05) is 19.6 Å². The lowest BCUT2D eigenvalue weighted by Gasteiger charge is -2.36. The Balaban J connectivity index is 1.88. The van der Waals surface area contributed by atoms with Crippen molar-refractivity contribution in [2.75, 3.05) is 19.6 Å². The summed E-state index contributed by atoms with van der Waals surface area (Å²) in [6.07, 6.45) is 4.13. The predicted octanol–water partition coefficient (Wildman–Crippen LogP) is 2.07. The zero-order chi connectivity index (χ0) is 16.2. The molecule has 2 fully saturated rings. The van der Waals surface area contributed by atoms with Gasteiger partial charge in [-0.2, -0.15) is 0 Å². The van der Waals surface area contributed by atoms with Crippen molar-refractivity contribution in [1.29, 1.82) is 0 Å². The number of esters is 1. The van der Waals surface area contributed by atoms with Crippen molar-refractivity contribution in [1.82, 2.24) is 10.2 Å². The molecule has 0 aromatic heterocycles. The lowest BCUT2D eigenvalue weighted by atomic mass is 10.1. The Labute approximate surface area is 132 Å². The van der Waals surface area contributed by atoms with Gasteiger partial charge in [0.05, 0.1) is 12.5 Å². The Hall–Kier alpha value is -1.30. The van der Waals surface area contributed by atoms with Crippen molar-refractivity contribution in [3.63, 3.8) is 0 Å². The van der Waals surface area contributed by atoms with Crippen LogP contribution in [0.4, 0.5) is 4.79 Å². The van der Waals surface area contributed by atoms with E-state index in [0.717, 1.165) is 25.7 Å². The lowest BCUT2D eigenvalue weighted by molar-refractivity contribution is -0.150. The molecule has 1 saturated heterocycles. The fourth-order valence-electron chi connectivity index (χ4n) is 2.94. The molecule has 22 heavy (non-hydrogen) atoms. The Morgan fingerprint density at radius 2 is 1.91 bits per heavy atom. The third-order valence-corrected chi connectivity index (χ3v) is 3.98. The van der Waals surface area contributed by atoms with E-state index >= 15 is 0 Å². The van der Waals surface area contributed by atoms with Crippen LogP contribution in [0.3, 0.4) is 0 Å². The zero-order valence-electron chi connectivity index (χ0n) is 13.9. The number of piperazine rings is 1. The molecule has 1 heterocycles. The predicted molar refractivity (Wildman–Crippen MR) is 82.6 cm³/mol. The highest BCUT2D eigenvalue weighted by atomic mass is 16.6. The van der Waals surface area contributed by atoms with Gasteiger partial charge in [-0.1, -0.05) is 0 Å². The summed E-state index contributed by atoms with van der Waals surface area (Å²) in [6.45, 7) is 7.39. The molecular weight excluding hydrogens is 284 g/mol. The van der Waals surface area contributed by atoms with Gasteiger partial charge < -0.3 is 19.7 Å². The molecule has 2 rings (SSSR count). The van der Waals surface area contributed by atoms with Crippen LogP contribution in [0.2, 0.25) is 0 Å². The number of rotatable bonds is 3. The molecule has 6 nitrogen and oxygen atoms in total. The average Bonchev–Trinajstić information content (AvgIpc) is 2.90. The highest BCUT2D eigenvalue weighted by Crippen LogP contribution is 2.22. The first-order chi connectivity index (χ1) is 10.3. The van der Waals surface area contributed by atoms with Crippen molar-refractivity contribution in [2.45, 2.75) is 70.6 Å². The molecule has 6 heteroatoms. The molecular formula is C16H28N2O4. The van der Waals surface area contributed by atoms with Crippen molar-refractivity contribution in [3.8, 4) is 0 Å². The van der Waals surface area contributed by atoms with Crippen LogP contribution in [0.1, 0.15) is 52.9 Å². The van der Waals surface area contributed by atoms with Gasteiger partial charge in [-0.25, -0.2) is 4.79 Å². The fraction of sp³-hybridized carbons (Fsp3) is 0.875. The summed E-state index contributed by atoms with van der Waals surface area (Å²) in [6, 6.07) is -0.197. The molecule has 1 atom stereocenters. The van der Waals surface area contributed by atoms with Crippen LogP contribution in [-0.2, 0) is 14.3 Å². The average molecular weight is 312 g/mol. The van der Waals surface area contributed by atoms with Gasteiger partial charge in [0.1, 0.15) is 11.7 Å². The van der Waals surface area contributed by atoms with Crippen LogP contribution in [0.5, 0.6) is 0 Å². The first-order valence-electron chi connectivity index (χ1n) is 8.25. The molecule has 0 aromatic carbocycles. The van der Waals surface area contributed by atoms with Crippen molar-refractivity contribution in [3.05, 3.63) is 0 Å². The molecule has 126 valence electrons. The molecule has 0 bridgehead atoms. The van der Waals surface area contributed by atoms with Gasteiger partial charge in [0.25, 0.3) is 0 Å². The van der Waals surface area contributed by atoms with Gasteiger partial charge >= 0.3 is 12.1 Å². The van der Waals surface area contributed by atoms with Crippen LogP contribution < -0.4 is 5.32 Å². The summed E-state index contributed by atoms with van der Waals surface area (Å²) in [5, 5.41) is 3.22. The van der Waals surface area contributed by atoms with Gasteiger partial charge in [0.2, 0.25) is 0 Å². The van der Waals surface area contributed by atoms with Crippen molar-refractivity contribution < 1.29 is 19.1 Å². The largest absolute Gasteiger partial charge is 0.462 e. The third-order valence-electron chi connectivity index (χ3n) is 3.98. The summed E-state index contributed by atoms with van der Waals surface area (Å²) in [5.74, 6) is -0.214. The maximum Gasteiger partial charge on any atom is 0.410 e. The van der Waals surface area contributed by atoms with E-state index in [0.29, 0.717) is 19.6 Å². The number of amides is 1. The van der Waals surface area contributed by atoms with Crippen LogP contribution in [-0.4, -0.2) is 54.3 Å². The maximum absolute atomic E-state index is 12.3. The smallest absolute Gasteiger partial charge is 0.410 e. The molecule has 1 aliphatic carbocycles. The number of nitrogens with zero attached hydrogens (tertiary/aromatic N) is 1. The van der Waals surface area contributed by atoms with Crippen LogP contribution in [0.15, 0.2) is 0 Å². The normalized spacial score (nSPS) is 23.4. The van der Waals surface area contributed by atoms with E-state index in [9.17, 15) is 9.59 Å². The number of hydrogen-bond donors (Lipinski definition) is 1. The van der Waals surface area contributed by atoms with Gasteiger partial charge in [-0.05, 0) is 46.5 Å². The molecule has 0 spiro atoms. The van der Waals surface area contributed by atoms with Crippen LogP contribution in [0.25, 0.3) is 0 Å². The molecule has 2 aliphatic rings. The van der Waals surface area contributed by atoms with Crippen LogP contribution >= 0.6 is 0 Å². The molecule has 0 radical (unpaired) electrons. The summed E-state index contributed by atoms with van der Waals surface area (Å²) in [5.41, 5.74) is -0.531. The molecule has 1 N–H and O–H groups in total. The minimum atomic E-state index is -0.531. The molecule has 0 aromatic rings. The van der Waals surface area contributed by atoms with Gasteiger partial charge in [0.15, 0.2) is 0 Å². The number of carbonyl (C=O) groups excluding carboxylic acids is 2. The topological polar surface area (TPSA) is 67.9 Å². The Kier molecular flexibility index (Phi) is 5.67. The highest BCUT2D eigenvalue weighted by Gasteiger charge is 2.32. The summed E-state index contributed by atoms with van der Waals surface area (Å²) >= 11 is 0. The second kappa shape index (κ2) is 7.31. The second-order valence-corrected chi connectivity index (χ2v) is 7.13. The van der Waals surface area contributed by atoms with Crippen LogP contribution in [0, 0.1) is 0 Å². The summed E-state index contributed by atoms with van der Waals surface area (Å²) < 4.78 is 10.9. The number of carbonyl (C=O) groups is 2. The fourth-order valence-corrected chi connectivity index (χ4v) is 2.94. The van der Waals surface area contributed by atoms with E-state index in [1.807, 2.05) is 20.8 Å². The minimum absolute atomic E-state index is 0.0685. The Morgan fingerprint density at radius 3 is 2.55 bits per heavy atom. The monoisotopic (exact) mass is 312 g/mol. The first kappa shape index (κ1) is 17.1. The van der Waals surface area contributed by atoms with E-state index in [1.54, 1.807) is 4.90 Å². The number of hydrogen-bond acceptors (Lipinski definition) is 5. The molecule has 1 saturated carbocycles. The lowest BCUT2D eigenvalue weighted by Crippen LogP contribution is -2.55. The van der Waals surface area contributed by atoms with E-state index in [2.05, 4.69) is 5.32 Å². The van der Waals surface area contributed by atoms with Crippen molar-refractivity contribution in [2.24, 2.45) is 0 Å². The quantitative estimate of drug-likeness (QED) is 0.808. The summed E-state index contributed by atoms with van der Waals surface area (Å²) in [4.78, 5) is 26.0. The SMILES string of the molecule is CC(C)(C)OC(=O)N1CCNCC1CC(=O)OC1CCCC1. The first-order valence-corrected chi connectivity index (χ1v) is 8.25. The van der Waals surface area contributed by atoms with Gasteiger partial charge in [-0.3, -0.25) is 4.79 Å². The Morgan fingerprint density at radius 1 is 1.23 bits per heavy atom. The van der Waals surface area contributed by atoms with E-state index in [-0.39, 0.29) is 30.6 Å². The Bertz CT molecular complexity index is 399. The number of ether oxygens (including phenoxy) is 2. The van der Waals surface area contributed by atoms with E-state index < -0.39 is 5.60 Å². The van der Waals surface area contributed by atoms with Gasteiger partial charge in [-0.15, -0.1) is 0 Å². The van der Waals surface area contributed by atoms with Crippen molar-refractivity contribution >= 4 is 12.1 Å². The minimum Gasteiger partial charge on any atom is -0.462 e. The van der Waals surface area contributed by atoms with E-state index in [1.165, 1.54) is 0 Å². The molecule has 1 amide bonds. The highest BCUT2D eigenvalue weighted by molar-refractivity contribution is 5.73.